The monoisotopic (exact) mass is 479 g/mol. The van der Waals surface area contributed by atoms with Crippen LogP contribution in [-0.4, -0.2) is 27.0 Å². The second kappa shape index (κ2) is 9.72. The van der Waals surface area contributed by atoms with Crippen molar-refractivity contribution in [3.8, 4) is 0 Å². The minimum Gasteiger partial charge on any atom is -0.363 e. The summed E-state index contributed by atoms with van der Waals surface area (Å²) in [5.74, 6) is -0.217. The molecule has 1 aliphatic heterocycles. The van der Waals surface area contributed by atoms with Gasteiger partial charge in [-0.25, -0.2) is 13.8 Å². The normalized spacial score (nSPS) is 15.7. The number of nitrogens with one attached hydrogen (secondary N) is 1. The average Bonchev–Trinajstić information content (AvgIpc) is 3.60. The van der Waals surface area contributed by atoms with Gasteiger partial charge in [-0.2, -0.15) is 0 Å². The Kier molecular flexibility index (Phi) is 6.35. The number of carbonyl (C=O) groups is 1. The molecule has 34 heavy (non-hydrogen) atoms. The van der Waals surface area contributed by atoms with Crippen LogP contribution in [0.1, 0.15) is 52.6 Å². The third kappa shape index (κ3) is 4.70. The van der Waals surface area contributed by atoms with Crippen LogP contribution in [-0.2, 0) is 6.54 Å². The summed E-state index contributed by atoms with van der Waals surface area (Å²) in [6.07, 6.45) is 4.77. The number of benzene rings is 1. The highest BCUT2D eigenvalue weighted by Gasteiger charge is 2.28. The van der Waals surface area contributed by atoms with Crippen LogP contribution in [0.15, 0.2) is 72.5 Å². The Balaban J connectivity index is 1.28. The van der Waals surface area contributed by atoms with E-state index in [2.05, 4.69) is 20.2 Å². The van der Waals surface area contributed by atoms with Crippen molar-refractivity contribution in [3.63, 3.8) is 0 Å². The molecule has 0 spiro atoms. The highest BCUT2D eigenvalue weighted by atomic mass is 32.1. The van der Waals surface area contributed by atoms with E-state index in [1.807, 2.05) is 34.3 Å². The van der Waals surface area contributed by atoms with E-state index in [0.29, 0.717) is 17.4 Å². The summed E-state index contributed by atoms with van der Waals surface area (Å²) >= 11 is 1.39. The molecule has 9 heteroatoms. The molecule has 1 aliphatic rings. The summed E-state index contributed by atoms with van der Waals surface area (Å²) in [7, 11) is 0. The molecule has 4 heterocycles. The molecular weight excluding hydrogens is 456 g/mol. The zero-order valence-corrected chi connectivity index (χ0v) is 19.1. The predicted octanol–water partition coefficient (Wildman–Crippen LogP) is 5.92. The quantitative estimate of drug-likeness (QED) is 0.357. The summed E-state index contributed by atoms with van der Waals surface area (Å²) in [6, 6.07) is 14.0. The van der Waals surface area contributed by atoms with Crippen molar-refractivity contribution < 1.29 is 13.6 Å². The largest absolute Gasteiger partial charge is 0.363 e. The Morgan fingerprint density at radius 1 is 1.15 bits per heavy atom. The van der Waals surface area contributed by atoms with Crippen LogP contribution in [0.5, 0.6) is 0 Å². The lowest BCUT2D eigenvalue weighted by Crippen LogP contribution is -2.23. The van der Waals surface area contributed by atoms with Crippen molar-refractivity contribution in [2.24, 2.45) is 0 Å². The Hall–Kier alpha value is -3.59. The topological polar surface area (TPSA) is 63.1 Å². The van der Waals surface area contributed by atoms with Gasteiger partial charge in [0.1, 0.15) is 5.69 Å². The summed E-state index contributed by atoms with van der Waals surface area (Å²) in [5.41, 5.74) is 3.41. The fourth-order valence-corrected chi connectivity index (χ4v) is 5.05. The van der Waals surface area contributed by atoms with Gasteiger partial charge < -0.3 is 9.47 Å². The number of anilines is 2. The van der Waals surface area contributed by atoms with Crippen LogP contribution in [0.3, 0.4) is 0 Å². The number of halogens is 2. The third-order valence-corrected chi connectivity index (χ3v) is 6.75. The minimum absolute atomic E-state index is 0.0202. The summed E-state index contributed by atoms with van der Waals surface area (Å²) < 4.78 is 27.7. The Labute approximate surface area is 199 Å². The molecule has 0 radical (unpaired) electrons. The molecule has 0 unspecified atom stereocenters. The molecule has 1 saturated heterocycles. The molecule has 174 valence electrons. The smallest absolute Gasteiger partial charge is 0.274 e. The van der Waals surface area contributed by atoms with Crippen LogP contribution < -0.4 is 10.2 Å². The molecule has 4 aromatic rings. The summed E-state index contributed by atoms with van der Waals surface area (Å²) in [4.78, 5) is 23.8. The lowest BCUT2D eigenvalue weighted by atomic mass is 10.1. The van der Waals surface area contributed by atoms with Crippen molar-refractivity contribution in [3.05, 3.63) is 95.0 Å². The summed E-state index contributed by atoms with van der Waals surface area (Å²) in [6.45, 7) is 1.41. The summed E-state index contributed by atoms with van der Waals surface area (Å²) in [5, 5.41) is 5.42. The lowest BCUT2D eigenvalue weighted by molar-refractivity contribution is 0.101. The molecule has 1 fully saturated rings. The van der Waals surface area contributed by atoms with Gasteiger partial charge in [0.25, 0.3) is 12.3 Å². The maximum Gasteiger partial charge on any atom is 0.274 e. The van der Waals surface area contributed by atoms with Gasteiger partial charge in [0.2, 0.25) is 0 Å². The standard InChI is InChI=1S/C25H23F2N5OS/c26-23(27)18-5-7-19(8-6-18)32-14-2-3-21(32)20-16-34-25(29-20)30-24(33)22-4-1-13-31(22)15-17-9-11-28-12-10-17/h1,4-13,16,21,23H,2-3,14-15H2,(H,29,30,33)/t21-/m1/s1. The SMILES string of the molecule is O=C(Nc1nc([C@H]2CCCN2c2ccc(C(F)F)cc2)cs1)c1cccn1Cc1ccncc1. The maximum absolute atomic E-state index is 12.9. The number of hydrogen-bond acceptors (Lipinski definition) is 5. The van der Waals surface area contributed by atoms with Crippen molar-refractivity contribution >= 4 is 28.1 Å². The molecule has 1 aromatic carbocycles. The molecule has 0 aliphatic carbocycles. The van der Waals surface area contributed by atoms with Crippen molar-refractivity contribution in [2.75, 3.05) is 16.8 Å². The fraction of sp³-hybridized carbons (Fsp3) is 0.240. The number of carbonyl (C=O) groups excluding carboxylic acids is 1. The number of amides is 1. The highest BCUT2D eigenvalue weighted by Crippen LogP contribution is 2.37. The molecule has 3 aromatic heterocycles. The molecule has 0 bridgehead atoms. The van der Waals surface area contributed by atoms with E-state index in [1.54, 1.807) is 30.6 Å². The van der Waals surface area contributed by atoms with Crippen LogP contribution >= 0.6 is 11.3 Å². The van der Waals surface area contributed by atoms with E-state index >= 15 is 0 Å². The Bertz CT molecular complexity index is 1260. The molecule has 1 atom stereocenters. The Morgan fingerprint density at radius 2 is 1.94 bits per heavy atom. The first-order chi connectivity index (χ1) is 16.6. The van der Waals surface area contributed by atoms with Crippen molar-refractivity contribution in [1.29, 1.82) is 0 Å². The first-order valence-corrected chi connectivity index (χ1v) is 11.9. The second-order valence-electron chi connectivity index (χ2n) is 8.15. The first-order valence-electron chi connectivity index (χ1n) is 11.0. The number of rotatable bonds is 7. The van der Waals surface area contributed by atoms with E-state index in [-0.39, 0.29) is 17.5 Å². The van der Waals surface area contributed by atoms with Gasteiger partial charge in [0, 0.05) is 48.3 Å². The van der Waals surface area contributed by atoms with Crippen LogP contribution in [0.2, 0.25) is 0 Å². The maximum atomic E-state index is 12.9. The molecule has 1 N–H and O–H groups in total. The van der Waals surface area contributed by atoms with Gasteiger partial charge in [-0.1, -0.05) is 12.1 Å². The van der Waals surface area contributed by atoms with Gasteiger partial charge in [0.05, 0.1) is 11.7 Å². The molecular formula is C25H23F2N5OS. The predicted molar refractivity (Wildman–Crippen MR) is 129 cm³/mol. The number of alkyl halides is 2. The van der Waals surface area contributed by atoms with E-state index in [0.717, 1.165) is 36.3 Å². The number of pyridine rings is 1. The number of thiazole rings is 1. The average molecular weight is 480 g/mol. The van der Waals surface area contributed by atoms with Crippen molar-refractivity contribution in [2.45, 2.75) is 31.9 Å². The number of hydrogen-bond donors (Lipinski definition) is 1. The number of nitrogens with zero attached hydrogens (tertiary/aromatic N) is 4. The van der Waals surface area contributed by atoms with Gasteiger partial charge in [-0.3, -0.25) is 15.1 Å². The zero-order valence-electron chi connectivity index (χ0n) is 18.3. The molecule has 1 amide bonds. The Morgan fingerprint density at radius 3 is 2.71 bits per heavy atom. The lowest BCUT2D eigenvalue weighted by Gasteiger charge is -2.25. The van der Waals surface area contributed by atoms with Crippen molar-refractivity contribution in [1.82, 2.24) is 14.5 Å². The van der Waals surface area contributed by atoms with Crippen LogP contribution in [0.25, 0.3) is 0 Å². The van der Waals surface area contributed by atoms with E-state index in [9.17, 15) is 13.6 Å². The van der Waals surface area contributed by atoms with E-state index < -0.39 is 6.43 Å². The van der Waals surface area contributed by atoms with Crippen LogP contribution in [0, 0.1) is 0 Å². The molecule has 6 nitrogen and oxygen atoms in total. The van der Waals surface area contributed by atoms with E-state index in [1.165, 1.54) is 23.5 Å². The first kappa shape index (κ1) is 22.2. The highest BCUT2D eigenvalue weighted by molar-refractivity contribution is 7.14. The third-order valence-electron chi connectivity index (χ3n) is 5.98. The second-order valence-corrected chi connectivity index (χ2v) is 9.01. The van der Waals surface area contributed by atoms with Gasteiger partial charge >= 0.3 is 0 Å². The van der Waals surface area contributed by atoms with Crippen LogP contribution in [0.4, 0.5) is 19.6 Å². The van der Waals surface area contributed by atoms with Gasteiger partial charge in [-0.05, 0) is 54.8 Å². The van der Waals surface area contributed by atoms with E-state index in [4.69, 9.17) is 0 Å². The molecule has 0 saturated carbocycles. The number of aromatic nitrogens is 3. The zero-order chi connectivity index (χ0) is 23.5. The fourth-order valence-electron chi connectivity index (χ4n) is 4.30. The van der Waals surface area contributed by atoms with Gasteiger partial charge in [-0.15, -0.1) is 11.3 Å². The minimum atomic E-state index is -2.47. The van der Waals surface area contributed by atoms with Gasteiger partial charge in [0.15, 0.2) is 5.13 Å². The molecule has 5 rings (SSSR count).